The molecule has 18 heavy (non-hydrogen) atoms. The highest BCUT2D eigenvalue weighted by molar-refractivity contribution is 5.77. The average molecular weight is 246 g/mol. The third kappa shape index (κ3) is 1.60. The monoisotopic (exact) mass is 246 g/mol. The fourth-order valence-corrected chi connectivity index (χ4v) is 2.37. The third-order valence-corrected chi connectivity index (χ3v) is 3.89. The van der Waals surface area contributed by atoms with E-state index in [2.05, 4.69) is 28.8 Å². The van der Waals surface area contributed by atoms with Gasteiger partial charge in [0.25, 0.3) is 0 Å². The van der Waals surface area contributed by atoms with E-state index < -0.39 is 0 Å². The summed E-state index contributed by atoms with van der Waals surface area (Å²) in [5.41, 5.74) is 6.78. The van der Waals surface area contributed by atoms with Crippen LogP contribution < -0.4 is 5.73 Å². The Labute approximate surface area is 105 Å². The molecule has 2 heterocycles. The van der Waals surface area contributed by atoms with Crippen LogP contribution in [0.2, 0.25) is 0 Å². The van der Waals surface area contributed by atoms with Gasteiger partial charge in [0.15, 0.2) is 11.2 Å². The number of nitrogens with zero attached hydrogens (tertiary/aromatic N) is 4. The first kappa shape index (κ1) is 11.3. The summed E-state index contributed by atoms with van der Waals surface area (Å²) in [5.74, 6) is 0.278. The Bertz CT molecular complexity index is 600. The molecule has 1 aliphatic carbocycles. The molecular formula is C12H16N5O. The van der Waals surface area contributed by atoms with Crippen molar-refractivity contribution >= 4 is 17.1 Å². The van der Waals surface area contributed by atoms with Crippen LogP contribution in [-0.2, 0) is 6.54 Å². The fraction of sp³-hybridized carbons (Fsp3) is 0.500. The normalized spacial score (nSPS) is 17.5. The molecule has 95 valence electrons. The van der Waals surface area contributed by atoms with Crippen molar-refractivity contribution in [3.63, 3.8) is 0 Å². The quantitative estimate of drug-likeness (QED) is 0.853. The van der Waals surface area contributed by atoms with Crippen molar-refractivity contribution in [3.8, 4) is 5.88 Å². The maximum absolute atomic E-state index is 9.67. The van der Waals surface area contributed by atoms with E-state index in [9.17, 15) is 5.11 Å². The van der Waals surface area contributed by atoms with Gasteiger partial charge in [-0.1, -0.05) is 6.92 Å². The molecule has 6 nitrogen and oxygen atoms in total. The molecule has 3 rings (SSSR count). The van der Waals surface area contributed by atoms with Crippen molar-refractivity contribution in [1.82, 2.24) is 19.5 Å². The van der Waals surface area contributed by atoms with Gasteiger partial charge in [-0.3, -0.25) is 0 Å². The Morgan fingerprint density at radius 3 is 2.89 bits per heavy atom. The number of fused-ring (bicyclic) bond motifs is 1. The molecule has 1 radical (unpaired) electrons. The van der Waals surface area contributed by atoms with E-state index in [0.717, 1.165) is 6.54 Å². The fourth-order valence-electron chi connectivity index (χ4n) is 2.37. The molecule has 1 saturated carbocycles. The van der Waals surface area contributed by atoms with Crippen LogP contribution in [0.3, 0.4) is 0 Å². The number of aromatic nitrogens is 4. The molecule has 1 unspecified atom stereocenters. The minimum absolute atomic E-state index is 0.0641. The lowest BCUT2D eigenvalue weighted by Crippen LogP contribution is -2.17. The van der Waals surface area contributed by atoms with E-state index in [1.807, 2.05) is 4.57 Å². The van der Waals surface area contributed by atoms with Crippen molar-refractivity contribution in [2.24, 2.45) is 11.3 Å². The van der Waals surface area contributed by atoms with Crippen LogP contribution in [0, 0.1) is 18.3 Å². The number of hydrogen-bond donors (Lipinski definition) is 2. The molecular weight excluding hydrogens is 230 g/mol. The highest BCUT2D eigenvalue weighted by atomic mass is 16.3. The Morgan fingerprint density at radius 1 is 1.56 bits per heavy atom. The molecule has 0 spiro atoms. The first-order valence-electron chi connectivity index (χ1n) is 6.02. The van der Waals surface area contributed by atoms with Crippen LogP contribution in [0.1, 0.15) is 19.8 Å². The van der Waals surface area contributed by atoms with Crippen molar-refractivity contribution in [2.75, 3.05) is 5.73 Å². The van der Waals surface area contributed by atoms with E-state index in [1.54, 1.807) is 6.33 Å². The number of aromatic hydroxyl groups is 1. The molecule has 1 aliphatic rings. The SMILES string of the molecule is [CH2]C(C)C1(Cn2cnc3c(O)nc(N)nc32)CC1. The van der Waals surface area contributed by atoms with Gasteiger partial charge < -0.3 is 15.4 Å². The lowest BCUT2D eigenvalue weighted by molar-refractivity contribution is 0.338. The maximum atomic E-state index is 9.67. The minimum Gasteiger partial charge on any atom is -0.492 e. The molecule has 0 aromatic carbocycles. The smallest absolute Gasteiger partial charge is 0.244 e. The molecule has 6 heteroatoms. The molecule has 0 bridgehead atoms. The zero-order valence-corrected chi connectivity index (χ0v) is 10.3. The number of imidazole rings is 1. The van der Waals surface area contributed by atoms with Gasteiger partial charge >= 0.3 is 0 Å². The molecule has 2 aromatic rings. The van der Waals surface area contributed by atoms with E-state index in [0.29, 0.717) is 17.1 Å². The van der Waals surface area contributed by atoms with E-state index in [4.69, 9.17) is 5.73 Å². The van der Waals surface area contributed by atoms with Crippen LogP contribution in [0.15, 0.2) is 6.33 Å². The summed E-state index contributed by atoms with van der Waals surface area (Å²) in [7, 11) is 0. The number of rotatable bonds is 3. The maximum Gasteiger partial charge on any atom is 0.244 e. The van der Waals surface area contributed by atoms with Crippen LogP contribution in [0.4, 0.5) is 5.95 Å². The molecule has 0 amide bonds. The van der Waals surface area contributed by atoms with Gasteiger partial charge in [0, 0.05) is 6.54 Å². The zero-order chi connectivity index (χ0) is 12.9. The summed E-state index contributed by atoms with van der Waals surface area (Å²) in [5, 5.41) is 9.67. The van der Waals surface area contributed by atoms with Gasteiger partial charge in [-0.25, -0.2) is 4.98 Å². The first-order valence-corrected chi connectivity index (χ1v) is 6.02. The second kappa shape index (κ2) is 3.57. The number of hydrogen-bond acceptors (Lipinski definition) is 5. The lowest BCUT2D eigenvalue weighted by atomic mass is 9.92. The van der Waals surface area contributed by atoms with Gasteiger partial charge in [0.1, 0.15) is 0 Å². The van der Waals surface area contributed by atoms with Gasteiger partial charge in [-0.15, -0.1) is 0 Å². The van der Waals surface area contributed by atoms with Crippen LogP contribution in [0.5, 0.6) is 5.88 Å². The van der Waals surface area contributed by atoms with Crippen LogP contribution >= 0.6 is 0 Å². The first-order chi connectivity index (χ1) is 8.52. The van der Waals surface area contributed by atoms with Crippen molar-refractivity contribution < 1.29 is 5.11 Å². The number of anilines is 1. The van der Waals surface area contributed by atoms with Gasteiger partial charge in [0.2, 0.25) is 11.8 Å². The Morgan fingerprint density at radius 2 is 2.28 bits per heavy atom. The third-order valence-electron chi connectivity index (χ3n) is 3.89. The summed E-state index contributed by atoms with van der Waals surface area (Å²) in [6.45, 7) is 7.07. The van der Waals surface area contributed by atoms with Crippen LogP contribution in [0.25, 0.3) is 11.2 Å². The number of nitrogens with two attached hydrogens (primary N) is 1. The molecule has 3 N–H and O–H groups in total. The summed E-state index contributed by atoms with van der Waals surface area (Å²) >= 11 is 0. The van der Waals surface area contributed by atoms with Gasteiger partial charge in [0.05, 0.1) is 6.33 Å². The second-order valence-electron chi connectivity index (χ2n) is 5.21. The Hall–Kier alpha value is -1.85. The van der Waals surface area contributed by atoms with E-state index >= 15 is 0 Å². The van der Waals surface area contributed by atoms with Crippen LogP contribution in [-0.4, -0.2) is 24.6 Å². The topological polar surface area (TPSA) is 89.8 Å². The zero-order valence-electron chi connectivity index (χ0n) is 10.3. The van der Waals surface area contributed by atoms with Crippen molar-refractivity contribution in [3.05, 3.63) is 13.3 Å². The van der Waals surface area contributed by atoms with Crippen molar-refractivity contribution in [1.29, 1.82) is 0 Å². The highest BCUT2D eigenvalue weighted by Gasteiger charge is 2.45. The lowest BCUT2D eigenvalue weighted by Gasteiger charge is -2.19. The molecule has 1 fully saturated rings. The number of nitrogen functional groups attached to an aromatic ring is 1. The second-order valence-corrected chi connectivity index (χ2v) is 5.21. The standard InChI is InChI=1S/C12H16N5O/c1-7(2)12(3-4-12)5-17-6-14-8-9(17)15-11(13)16-10(8)18/h6-7H,1,3-5H2,2H3,(H3,13,15,16,18). The highest BCUT2D eigenvalue weighted by Crippen LogP contribution is 2.53. The molecule has 0 saturated heterocycles. The summed E-state index contributed by atoms with van der Waals surface area (Å²) < 4.78 is 1.93. The van der Waals surface area contributed by atoms with Crippen molar-refractivity contribution in [2.45, 2.75) is 26.3 Å². The summed E-state index contributed by atoms with van der Waals surface area (Å²) in [6, 6.07) is 0. The molecule has 1 atom stereocenters. The summed E-state index contributed by atoms with van der Waals surface area (Å²) in [4.78, 5) is 12.0. The predicted molar refractivity (Wildman–Crippen MR) is 67.6 cm³/mol. The Balaban J connectivity index is 2.03. The van der Waals surface area contributed by atoms with E-state index in [-0.39, 0.29) is 17.2 Å². The predicted octanol–water partition coefficient (Wildman–Crippen LogP) is 1.36. The largest absolute Gasteiger partial charge is 0.492 e. The molecule has 2 aromatic heterocycles. The van der Waals surface area contributed by atoms with E-state index in [1.165, 1.54) is 12.8 Å². The average Bonchev–Trinajstić information content (AvgIpc) is 2.96. The molecule has 0 aliphatic heterocycles. The minimum atomic E-state index is -0.163. The van der Waals surface area contributed by atoms with Gasteiger partial charge in [-0.2, -0.15) is 9.97 Å². The Kier molecular flexibility index (Phi) is 2.23. The van der Waals surface area contributed by atoms with Gasteiger partial charge in [-0.05, 0) is 31.1 Å². The summed E-state index contributed by atoms with van der Waals surface area (Å²) in [6.07, 6.45) is 4.02.